The summed E-state index contributed by atoms with van der Waals surface area (Å²) < 4.78 is 20.2. The number of pyridine rings is 1. The highest BCUT2D eigenvalue weighted by Crippen LogP contribution is 2.16. The molecule has 2 heterocycles. The van der Waals surface area contributed by atoms with Crippen LogP contribution >= 0.6 is 0 Å². The Labute approximate surface area is 87.5 Å². The first-order valence-corrected chi connectivity index (χ1v) is 4.91. The van der Waals surface area contributed by atoms with Crippen LogP contribution in [0.5, 0.6) is 0 Å². The molecular weight excluding hydrogens is 195 g/mol. The number of aromatic nitrogens is 2. The van der Waals surface area contributed by atoms with E-state index >= 15 is 0 Å². The number of hydrogen-bond donors (Lipinski definition) is 0. The number of rotatable bonds is 4. The maximum absolute atomic E-state index is 13.3. The van der Waals surface area contributed by atoms with Crippen LogP contribution in [0.1, 0.15) is 6.42 Å². The Bertz CT molecular complexity index is 453. The third-order valence-corrected chi connectivity index (χ3v) is 2.36. The van der Waals surface area contributed by atoms with E-state index in [0.29, 0.717) is 17.6 Å². The van der Waals surface area contributed by atoms with Crippen LogP contribution < -0.4 is 0 Å². The summed E-state index contributed by atoms with van der Waals surface area (Å²) in [4.78, 5) is 4.16. The zero-order valence-corrected chi connectivity index (χ0v) is 8.61. The highest BCUT2D eigenvalue weighted by molar-refractivity contribution is 5.76. The van der Waals surface area contributed by atoms with Crippen molar-refractivity contribution in [3.8, 4) is 0 Å². The van der Waals surface area contributed by atoms with Crippen LogP contribution in [0.25, 0.3) is 11.0 Å². The molecule has 0 amide bonds. The molecule has 80 valence electrons. The Hall–Kier alpha value is -1.42. The lowest BCUT2D eigenvalue weighted by atomic mass is 10.3. The standard InChI is InChI=1S/C11H13FN2O/c1-15-8-2-6-14-7-4-9-10(12)3-5-13-11(9)14/h3-5,7H,2,6,8H2,1H3. The quantitative estimate of drug-likeness (QED) is 0.720. The fraction of sp³-hybridized carbons (Fsp3) is 0.364. The molecule has 0 spiro atoms. The number of halogens is 1. The van der Waals surface area contributed by atoms with Gasteiger partial charge in [0.05, 0.1) is 5.39 Å². The maximum Gasteiger partial charge on any atom is 0.142 e. The lowest BCUT2D eigenvalue weighted by molar-refractivity contribution is 0.190. The van der Waals surface area contributed by atoms with Crippen LogP contribution in [0.3, 0.4) is 0 Å². The molecule has 4 heteroatoms. The van der Waals surface area contributed by atoms with E-state index < -0.39 is 0 Å². The number of fused-ring (bicyclic) bond motifs is 1. The van der Waals surface area contributed by atoms with E-state index in [0.717, 1.165) is 13.0 Å². The van der Waals surface area contributed by atoms with Crippen molar-refractivity contribution in [2.24, 2.45) is 0 Å². The Morgan fingerprint density at radius 2 is 2.33 bits per heavy atom. The molecule has 0 fully saturated rings. The largest absolute Gasteiger partial charge is 0.385 e. The van der Waals surface area contributed by atoms with Gasteiger partial charge in [0.25, 0.3) is 0 Å². The van der Waals surface area contributed by atoms with Crippen LogP contribution in [-0.4, -0.2) is 23.3 Å². The van der Waals surface area contributed by atoms with Crippen LogP contribution in [0.4, 0.5) is 4.39 Å². The van der Waals surface area contributed by atoms with Crippen LogP contribution in [0, 0.1) is 5.82 Å². The fourth-order valence-electron chi connectivity index (χ4n) is 1.62. The minimum atomic E-state index is -0.217. The van der Waals surface area contributed by atoms with Crippen molar-refractivity contribution in [3.63, 3.8) is 0 Å². The maximum atomic E-state index is 13.3. The molecule has 0 aliphatic heterocycles. The molecule has 0 aliphatic rings. The second-order valence-electron chi connectivity index (χ2n) is 3.39. The predicted octanol–water partition coefficient (Wildman–Crippen LogP) is 2.21. The van der Waals surface area contributed by atoms with Crippen molar-refractivity contribution in [1.29, 1.82) is 0 Å². The zero-order chi connectivity index (χ0) is 10.7. The highest BCUT2D eigenvalue weighted by Gasteiger charge is 2.05. The molecule has 0 atom stereocenters. The first-order valence-electron chi connectivity index (χ1n) is 4.91. The summed E-state index contributed by atoms with van der Waals surface area (Å²) in [5.41, 5.74) is 0.700. The lowest BCUT2D eigenvalue weighted by Crippen LogP contribution is -2.00. The SMILES string of the molecule is COCCCn1ccc2c(F)ccnc21. The summed E-state index contributed by atoms with van der Waals surface area (Å²) in [6.45, 7) is 1.50. The van der Waals surface area contributed by atoms with Crippen molar-refractivity contribution < 1.29 is 9.13 Å². The zero-order valence-electron chi connectivity index (χ0n) is 8.61. The van der Waals surface area contributed by atoms with Crippen molar-refractivity contribution in [3.05, 3.63) is 30.3 Å². The minimum Gasteiger partial charge on any atom is -0.385 e. The normalized spacial score (nSPS) is 11.1. The van der Waals surface area contributed by atoms with Gasteiger partial charge in [-0.05, 0) is 18.6 Å². The van der Waals surface area contributed by atoms with E-state index in [1.54, 1.807) is 13.2 Å². The van der Waals surface area contributed by atoms with Gasteiger partial charge in [-0.3, -0.25) is 0 Å². The van der Waals surface area contributed by atoms with Gasteiger partial charge in [-0.1, -0.05) is 0 Å². The van der Waals surface area contributed by atoms with E-state index in [1.165, 1.54) is 12.3 Å². The lowest BCUT2D eigenvalue weighted by Gasteiger charge is -2.03. The molecule has 0 radical (unpaired) electrons. The van der Waals surface area contributed by atoms with Crippen LogP contribution in [-0.2, 0) is 11.3 Å². The molecule has 2 aromatic rings. The van der Waals surface area contributed by atoms with Gasteiger partial charge in [-0.25, -0.2) is 9.37 Å². The summed E-state index contributed by atoms with van der Waals surface area (Å²) in [7, 11) is 1.67. The average Bonchev–Trinajstić information content (AvgIpc) is 2.64. The second kappa shape index (κ2) is 4.40. The first-order chi connectivity index (χ1) is 7.33. The van der Waals surface area contributed by atoms with E-state index in [4.69, 9.17) is 4.74 Å². The van der Waals surface area contributed by atoms with E-state index in [9.17, 15) is 4.39 Å². The molecule has 3 nitrogen and oxygen atoms in total. The summed E-state index contributed by atoms with van der Waals surface area (Å²) in [5.74, 6) is -0.217. The highest BCUT2D eigenvalue weighted by atomic mass is 19.1. The van der Waals surface area contributed by atoms with E-state index in [1.807, 2.05) is 10.8 Å². The van der Waals surface area contributed by atoms with Gasteiger partial charge in [0, 0.05) is 32.7 Å². The van der Waals surface area contributed by atoms with E-state index in [-0.39, 0.29) is 5.82 Å². The third kappa shape index (κ3) is 1.99. The molecule has 15 heavy (non-hydrogen) atoms. The molecular formula is C11H13FN2O. The summed E-state index contributed by atoms with van der Waals surface area (Å²) >= 11 is 0. The van der Waals surface area contributed by atoms with E-state index in [2.05, 4.69) is 4.98 Å². The van der Waals surface area contributed by atoms with Gasteiger partial charge in [0.15, 0.2) is 0 Å². The third-order valence-electron chi connectivity index (χ3n) is 2.36. The molecule has 0 bridgehead atoms. The summed E-state index contributed by atoms with van der Waals surface area (Å²) in [6.07, 6.45) is 4.25. The van der Waals surface area contributed by atoms with Gasteiger partial charge < -0.3 is 9.30 Å². The number of hydrogen-bond acceptors (Lipinski definition) is 2. The van der Waals surface area contributed by atoms with Crippen LogP contribution in [0.15, 0.2) is 24.5 Å². The Morgan fingerprint density at radius 3 is 3.13 bits per heavy atom. The second-order valence-corrected chi connectivity index (χ2v) is 3.39. The molecule has 2 aromatic heterocycles. The molecule has 0 aliphatic carbocycles. The van der Waals surface area contributed by atoms with Crippen molar-refractivity contribution in [1.82, 2.24) is 9.55 Å². The predicted molar refractivity (Wildman–Crippen MR) is 56.2 cm³/mol. The Balaban J connectivity index is 2.25. The van der Waals surface area contributed by atoms with Crippen LogP contribution in [0.2, 0.25) is 0 Å². The molecule has 2 rings (SSSR count). The van der Waals surface area contributed by atoms with Crippen molar-refractivity contribution >= 4 is 11.0 Å². The number of methoxy groups -OCH3 is 1. The van der Waals surface area contributed by atoms with Gasteiger partial charge in [0.2, 0.25) is 0 Å². The van der Waals surface area contributed by atoms with Gasteiger partial charge >= 0.3 is 0 Å². The average molecular weight is 208 g/mol. The topological polar surface area (TPSA) is 27.1 Å². The Morgan fingerprint density at radius 1 is 1.47 bits per heavy atom. The van der Waals surface area contributed by atoms with Gasteiger partial charge in [-0.2, -0.15) is 0 Å². The number of aryl methyl sites for hydroxylation is 1. The monoisotopic (exact) mass is 208 g/mol. The Kier molecular flexibility index (Phi) is 2.97. The van der Waals surface area contributed by atoms with Crippen molar-refractivity contribution in [2.45, 2.75) is 13.0 Å². The van der Waals surface area contributed by atoms with Gasteiger partial charge in [-0.15, -0.1) is 0 Å². The first kappa shape index (κ1) is 10.1. The molecule has 0 saturated carbocycles. The number of nitrogens with zero attached hydrogens (tertiary/aromatic N) is 2. The minimum absolute atomic E-state index is 0.217. The van der Waals surface area contributed by atoms with Gasteiger partial charge in [0.1, 0.15) is 11.5 Å². The molecule has 0 unspecified atom stereocenters. The fourth-order valence-corrected chi connectivity index (χ4v) is 1.62. The summed E-state index contributed by atoms with van der Waals surface area (Å²) in [6, 6.07) is 3.13. The molecule has 0 N–H and O–H groups in total. The molecule has 0 aromatic carbocycles. The molecule has 0 saturated heterocycles. The summed E-state index contributed by atoms with van der Waals surface area (Å²) in [5, 5.41) is 0.579. The smallest absolute Gasteiger partial charge is 0.142 e. The van der Waals surface area contributed by atoms with Crippen molar-refractivity contribution in [2.75, 3.05) is 13.7 Å². The number of ether oxygens (including phenoxy) is 1.